The fraction of sp³-hybridized carbons (Fsp3) is 0.231. The van der Waals surface area contributed by atoms with Gasteiger partial charge in [0.1, 0.15) is 17.7 Å². The van der Waals surface area contributed by atoms with Crippen molar-refractivity contribution < 1.29 is 4.79 Å². The maximum atomic E-state index is 11.7. The number of hydrogen-bond donors (Lipinski definition) is 1. The minimum atomic E-state index is -0.0141. The minimum absolute atomic E-state index is 0.0141. The highest BCUT2D eigenvalue weighted by atomic mass is 32.1. The van der Waals surface area contributed by atoms with Crippen molar-refractivity contribution in [2.75, 3.05) is 0 Å². The highest BCUT2D eigenvalue weighted by molar-refractivity contribution is 7.18. The molecule has 3 rings (SSSR count). The van der Waals surface area contributed by atoms with E-state index < -0.39 is 0 Å². The van der Waals surface area contributed by atoms with E-state index in [2.05, 4.69) is 20.4 Å². The number of carbonyl (C=O) groups excluding carboxylic acids is 1. The van der Waals surface area contributed by atoms with E-state index in [9.17, 15) is 4.79 Å². The van der Waals surface area contributed by atoms with Gasteiger partial charge in [0, 0.05) is 6.42 Å². The predicted octanol–water partition coefficient (Wildman–Crippen LogP) is 1.59. The Morgan fingerprint density at radius 3 is 3.05 bits per heavy atom. The number of fused-ring (bicyclic) bond motifs is 1. The van der Waals surface area contributed by atoms with Gasteiger partial charge >= 0.3 is 0 Å². The van der Waals surface area contributed by atoms with Gasteiger partial charge in [0.05, 0.1) is 23.3 Å². The van der Waals surface area contributed by atoms with Gasteiger partial charge in [-0.25, -0.2) is 9.97 Å². The monoisotopic (exact) mass is 287 g/mol. The molecule has 0 aliphatic heterocycles. The number of nitrogens with one attached hydrogen (secondary N) is 1. The van der Waals surface area contributed by atoms with Crippen molar-refractivity contribution in [1.82, 2.24) is 25.1 Å². The van der Waals surface area contributed by atoms with E-state index in [0.717, 1.165) is 15.2 Å². The third-order valence-electron chi connectivity index (χ3n) is 2.81. The zero-order valence-corrected chi connectivity index (χ0v) is 11.5. The number of carbonyl (C=O) groups is 1. The van der Waals surface area contributed by atoms with E-state index >= 15 is 0 Å². The maximum absolute atomic E-state index is 11.7. The summed E-state index contributed by atoms with van der Waals surface area (Å²) < 4.78 is 2.77. The third kappa shape index (κ3) is 3.00. The molecule has 0 saturated carbocycles. The van der Waals surface area contributed by atoms with Crippen LogP contribution in [0.25, 0.3) is 10.2 Å². The van der Waals surface area contributed by atoms with Gasteiger partial charge in [-0.1, -0.05) is 12.1 Å². The molecular weight excluding hydrogens is 274 g/mol. The summed E-state index contributed by atoms with van der Waals surface area (Å²) in [5, 5.41) is 7.74. The molecule has 0 aliphatic rings. The second kappa shape index (κ2) is 5.79. The van der Waals surface area contributed by atoms with Crippen molar-refractivity contribution in [2.24, 2.45) is 0 Å². The van der Waals surface area contributed by atoms with Gasteiger partial charge in [0.2, 0.25) is 5.91 Å². The van der Waals surface area contributed by atoms with E-state index in [1.54, 1.807) is 22.3 Å². The van der Waals surface area contributed by atoms with E-state index in [1.807, 2.05) is 24.3 Å². The fourth-order valence-electron chi connectivity index (χ4n) is 1.82. The molecule has 20 heavy (non-hydrogen) atoms. The number of amides is 1. The summed E-state index contributed by atoms with van der Waals surface area (Å²) in [6.45, 7) is 1.00. The lowest BCUT2D eigenvalue weighted by Crippen LogP contribution is -2.23. The summed E-state index contributed by atoms with van der Waals surface area (Å²) in [7, 11) is 0. The lowest BCUT2D eigenvalue weighted by molar-refractivity contribution is -0.121. The van der Waals surface area contributed by atoms with E-state index in [-0.39, 0.29) is 5.91 Å². The zero-order valence-electron chi connectivity index (χ0n) is 10.7. The van der Waals surface area contributed by atoms with Gasteiger partial charge < -0.3 is 5.32 Å². The summed E-state index contributed by atoms with van der Waals surface area (Å²) in [6.07, 6.45) is 3.44. The number of thiazole rings is 1. The second-order valence-corrected chi connectivity index (χ2v) is 5.38. The third-order valence-corrected chi connectivity index (χ3v) is 3.85. The molecule has 0 fully saturated rings. The highest BCUT2D eigenvalue weighted by Crippen LogP contribution is 2.21. The summed E-state index contributed by atoms with van der Waals surface area (Å²) in [5.41, 5.74) is 0.976. The summed E-state index contributed by atoms with van der Waals surface area (Å²) >= 11 is 1.60. The van der Waals surface area contributed by atoms with Gasteiger partial charge in [-0.05, 0) is 12.1 Å². The average Bonchev–Trinajstić information content (AvgIpc) is 3.11. The van der Waals surface area contributed by atoms with Crippen LogP contribution in [0.3, 0.4) is 0 Å². The summed E-state index contributed by atoms with van der Waals surface area (Å²) in [6, 6.07) is 7.95. The van der Waals surface area contributed by atoms with Crippen molar-refractivity contribution >= 4 is 27.5 Å². The first-order valence-corrected chi connectivity index (χ1v) is 7.06. The molecule has 102 valence electrons. The predicted molar refractivity (Wildman–Crippen MR) is 76.1 cm³/mol. The molecule has 0 atom stereocenters. The standard InChI is InChI=1S/C13H13N5OS/c19-12(5-6-18-9-14-8-16-18)15-7-13-17-10-3-1-2-4-11(10)20-13/h1-4,8-9H,5-7H2,(H,15,19). The van der Waals surface area contributed by atoms with Crippen molar-refractivity contribution in [3.05, 3.63) is 41.9 Å². The molecule has 0 aliphatic carbocycles. The SMILES string of the molecule is O=C(CCn1cncn1)NCc1nc2ccccc2s1. The molecule has 0 unspecified atom stereocenters. The minimum Gasteiger partial charge on any atom is -0.350 e. The first kappa shape index (κ1) is 12.7. The molecule has 1 amide bonds. The quantitative estimate of drug-likeness (QED) is 0.773. The molecule has 0 saturated heterocycles. The Kier molecular flexibility index (Phi) is 3.69. The first-order chi connectivity index (χ1) is 9.81. The number of nitrogens with zero attached hydrogens (tertiary/aromatic N) is 4. The van der Waals surface area contributed by atoms with E-state index in [1.165, 1.54) is 6.33 Å². The normalized spacial score (nSPS) is 10.8. The largest absolute Gasteiger partial charge is 0.350 e. The van der Waals surface area contributed by atoms with Crippen LogP contribution in [-0.4, -0.2) is 25.7 Å². The van der Waals surface area contributed by atoms with Gasteiger partial charge in [0.15, 0.2) is 0 Å². The molecule has 7 heteroatoms. The molecule has 0 spiro atoms. The molecule has 0 bridgehead atoms. The van der Waals surface area contributed by atoms with Crippen LogP contribution >= 0.6 is 11.3 Å². The number of hydrogen-bond acceptors (Lipinski definition) is 5. The van der Waals surface area contributed by atoms with Crippen LogP contribution < -0.4 is 5.32 Å². The molecule has 2 heterocycles. The number of rotatable bonds is 5. The second-order valence-electron chi connectivity index (χ2n) is 4.26. The molecule has 2 aromatic heterocycles. The van der Waals surface area contributed by atoms with Crippen LogP contribution in [0, 0.1) is 0 Å². The topological polar surface area (TPSA) is 72.7 Å². The molecular formula is C13H13N5OS. The number of aryl methyl sites for hydroxylation is 1. The van der Waals surface area contributed by atoms with Gasteiger partial charge in [-0.3, -0.25) is 9.48 Å². The maximum Gasteiger partial charge on any atom is 0.222 e. The summed E-state index contributed by atoms with van der Waals surface area (Å²) in [4.78, 5) is 20.0. The van der Waals surface area contributed by atoms with Crippen LogP contribution in [0.4, 0.5) is 0 Å². The van der Waals surface area contributed by atoms with Crippen LogP contribution in [0.5, 0.6) is 0 Å². The van der Waals surface area contributed by atoms with Crippen molar-refractivity contribution in [3.63, 3.8) is 0 Å². The van der Waals surface area contributed by atoms with E-state index in [4.69, 9.17) is 0 Å². The highest BCUT2D eigenvalue weighted by Gasteiger charge is 2.06. The van der Waals surface area contributed by atoms with Crippen LogP contribution in [0.2, 0.25) is 0 Å². The van der Waals surface area contributed by atoms with Gasteiger partial charge in [0.25, 0.3) is 0 Å². The Balaban J connectivity index is 1.52. The van der Waals surface area contributed by atoms with Gasteiger partial charge in [-0.15, -0.1) is 11.3 Å². The molecule has 0 radical (unpaired) electrons. The Labute approximate surface area is 119 Å². The smallest absolute Gasteiger partial charge is 0.222 e. The van der Waals surface area contributed by atoms with E-state index in [0.29, 0.717) is 19.5 Å². The number of benzene rings is 1. The molecule has 1 aromatic carbocycles. The first-order valence-electron chi connectivity index (χ1n) is 6.25. The Bertz CT molecular complexity index is 673. The number of para-hydroxylation sites is 1. The van der Waals surface area contributed by atoms with Gasteiger partial charge in [-0.2, -0.15) is 5.10 Å². The molecule has 6 nitrogen and oxygen atoms in total. The van der Waals surface area contributed by atoms with Crippen LogP contribution in [-0.2, 0) is 17.9 Å². The van der Waals surface area contributed by atoms with Crippen molar-refractivity contribution in [2.45, 2.75) is 19.5 Å². The van der Waals surface area contributed by atoms with Crippen molar-refractivity contribution in [3.8, 4) is 0 Å². The fourth-order valence-corrected chi connectivity index (χ4v) is 2.73. The zero-order chi connectivity index (χ0) is 13.8. The lowest BCUT2D eigenvalue weighted by atomic mass is 10.3. The Hall–Kier alpha value is -2.28. The summed E-state index contributed by atoms with van der Waals surface area (Å²) in [5.74, 6) is -0.0141. The Morgan fingerprint density at radius 2 is 2.25 bits per heavy atom. The van der Waals surface area contributed by atoms with Crippen molar-refractivity contribution in [1.29, 1.82) is 0 Å². The molecule has 3 aromatic rings. The molecule has 1 N–H and O–H groups in total. The average molecular weight is 287 g/mol. The van der Waals surface area contributed by atoms with Crippen LogP contribution in [0.15, 0.2) is 36.9 Å². The Morgan fingerprint density at radius 1 is 1.35 bits per heavy atom. The number of aromatic nitrogens is 4. The van der Waals surface area contributed by atoms with Crippen LogP contribution in [0.1, 0.15) is 11.4 Å². The lowest BCUT2D eigenvalue weighted by Gasteiger charge is -2.02.